The van der Waals surface area contributed by atoms with Crippen molar-refractivity contribution in [1.29, 1.82) is 0 Å². The van der Waals surface area contributed by atoms with E-state index < -0.39 is 0 Å². The number of halogens is 1. The zero-order chi connectivity index (χ0) is 12.4. The lowest BCUT2D eigenvalue weighted by Crippen LogP contribution is -2.39. The maximum atomic E-state index is 11.8. The first-order chi connectivity index (χ1) is 8.08. The van der Waals surface area contributed by atoms with Gasteiger partial charge in [0.05, 0.1) is 13.2 Å². The summed E-state index contributed by atoms with van der Waals surface area (Å²) in [5.74, 6) is 1.13. The summed E-state index contributed by atoms with van der Waals surface area (Å²) in [6.07, 6.45) is -0.274. The summed E-state index contributed by atoms with van der Waals surface area (Å²) in [4.78, 5) is 13.4. The SMILES string of the molecule is CC(C)COC(=O)N1CCn2c(Br)nnc2C1. The summed E-state index contributed by atoms with van der Waals surface area (Å²) in [6.45, 7) is 6.25. The van der Waals surface area contributed by atoms with E-state index in [0.29, 0.717) is 36.9 Å². The minimum atomic E-state index is -0.274. The Kier molecular flexibility index (Phi) is 3.66. The number of hydrogen-bond acceptors (Lipinski definition) is 4. The van der Waals surface area contributed by atoms with Crippen molar-refractivity contribution in [1.82, 2.24) is 19.7 Å². The molecule has 0 aromatic carbocycles. The van der Waals surface area contributed by atoms with Crippen LogP contribution in [0.25, 0.3) is 0 Å². The highest BCUT2D eigenvalue weighted by Crippen LogP contribution is 2.16. The first-order valence-electron chi connectivity index (χ1n) is 5.57. The quantitative estimate of drug-likeness (QED) is 0.833. The Hall–Kier alpha value is -1.11. The average molecular weight is 303 g/mol. The molecule has 2 heterocycles. The Balaban J connectivity index is 1.95. The Morgan fingerprint density at radius 3 is 2.94 bits per heavy atom. The molecule has 2 rings (SSSR count). The molecule has 0 atom stereocenters. The summed E-state index contributed by atoms with van der Waals surface area (Å²) in [7, 11) is 0. The van der Waals surface area contributed by atoms with Crippen LogP contribution in [0.4, 0.5) is 4.79 Å². The van der Waals surface area contributed by atoms with Gasteiger partial charge in [0.15, 0.2) is 10.6 Å². The lowest BCUT2D eigenvalue weighted by Gasteiger charge is -2.26. The van der Waals surface area contributed by atoms with E-state index in [1.54, 1.807) is 4.90 Å². The van der Waals surface area contributed by atoms with Gasteiger partial charge in [0, 0.05) is 13.1 Å². The van der Waals surface area contributed by atoms with Gasteiger partial charge < -0.3 is 9.30 Å². The molecule has 94 valence electrons. The molecule has 1 aromatic rings. The highest BCUT2D eigenvalue weighted by Gasteiger charge is 2.24. The van der Waals surface area contributed by atoms with E-state index >= 15 is 0 Å². The van der Waals surface area contributed by atoms with Gasteiger partial charge in [-0.3, -0.25) is 4.90 Å². The molecule has 0 spiro atoms. The van der Waals surface area contributed by atoms with Gasteiger partial charge in [-0.1, -0.05) is 13.8 Å². The van der Waals surface area contributed by atoms with Crippen LogP contribution >= 0.6 is 15.9 Å². The summed E-state index contributed by atoms with van der Waals surface area (Å²) in [5.41, 5.74) is 0. The van der Waals surface area contributed by atoms with E-state index in [1.165, 1.54) is 0 Å². The molecule has 1 aliphatic heterocycles. The van der Waals surface area contributed by atoms with Crippen molar-refractivity contribution in [3.63, 3.8) is 0 Å². The minimum Gasteiger partial charge on any atom is -0.449 e. The number of carbonyl (C=O) groups excluding carboxylic acids is 1. The zero-order valence-electron chi connectivity index (χ0n) is 9.89. The molecular weight excluding hydrogens is 288 g/mol. The fourth-order valence-electron chi connectivity index (χ4n) is 1.61. The number of carbonyl (C=O) groups is 1. The lowest BCUT2D eigenvalue weighted by molar-refractivity contribution is 0.0824. The number of aromatic nitrogens is 3. The van der Waals surface area contributed by atoms with Gasteiger partial charge in [0.25, 0.3) is 0 Å². The van der Waals surface area contributed by atoms with E-state index in [9.17, 15) is 4.79 Å². The van der Waals surface area contributed by atoms with Gasteiger partial charge in [0.2, 0.25) is 0 Å². The molecule has 17 heavy (non-hydrogen) atoms. The van der Waals surface area contributed by atoms with Crippen molar-refractivity contribution in [2.45, 2.75) is 26.9 Å². The second-order valence-corrected chi connectivity index (χ2v) is 5.14. The molecule has 0 radical (unpaired) electrons. The fraction of sp³-hybridized carbons (Fsp3) is 0.700. The summed E-state index contributed by atoms with van der Waals surface area (Å²) < 4.78 is 7.84. The van der Waals surface area contributed by atoms with Gasteiger partial charge in [-0.15, -0.1) is 10.2 Å². The molecule has 0 saturated heterocycles. The zero-order valence-corrected chi connectivity index (χ0v) is 11.5. The molecule has 0 aliphatic carbocycles. The largest absolute Gasteiger partial charge is 0.449 e. The molecule has 7 heteroatoms. The third-order valence-corrected chi connectivity index (χ3v) is 3.09. The van der Waals surface area contributed by atoms with Gasteiger partial charge in [-0.05, 0) is 21.8 Å². The van der Waals surface area contributed by atoms with Crippen LogP contribution in [0.2, 0.25) is 0 Å². The predicted octanol–water partition coefficient (Wildman–Crippen LogP) is 1.65. The molecule has 1 amide bonds. The van der Waals surface area contributed by atoms with Gasteiger partial charge in [0.1, 0.15) is 0 Å². The van der Waals surface area contributed by atoms with Crippen LogP contribution in [0.15, 0.2) is 4.73 Å². The lowest BCUT2D eigenvalue weighted by atomic mass is 10.2. The number of fused-ring (bicyclic) bond motifs is 1. The average Bonchev–Trinajstić information content (AvgIpc) is 2.67. The van der Waals surface area contributed by atoms with E-state index in [4.69, 9.17) is 4.74 Å². The second-order valence-electron chi connectivity index (χ2n) is 4.43. The number of amides is 1. The summed E-state index contributed by atoms with van der Waals surface area (Å²) >= 11 is 3.31. The van der Waals surface area contributed by atoms with E-state index in [0.717, 1.165) is 5.82 Å². The molecule has 6 nitrogen and oxygen atoms in total. The number of nitrogens with zero attached hydrogens (tertiary/aromatic N) is 4. The molecule has 1 aromatic heterocycles. The van der Waals surface area contributed by atoms with Crippen molar-refractivity contribution < 1.29 is 9.53 Å². The second kappa shape index (κ2) is 5.03. The third-order valence-electron chi connectivity index (χ3n) is 2.51. The smallest absolute Gasteiger partial charge is 0.410 e. The molecule has 0 bridgehead atoms. The molecule has 0 saturated carbocycles. The Morgan fingerprint density at radius 2 is 2.24 bits per heavy atom. The van der Waals surface area contributed by atoms with Crippen LogP contribution in [-0.4, -0.2) is 38.9 Å². The van der Waals surface area contributed by atoms with Crippen LogP contribution in [-0.2, 0) is 17.8 Å². The molecule has 0 N–H and O–H groups in total. The highest BCUT2D eigenvalue weighted by atomic mass is 79.9. The Labute approximate surface area is 108 Å². The summed E-state index contributed by atoms with van der Waals surface area (Å²) in [5, 5.41) is 7.92. The van der Waals surface area contributed by atoms with Crippen molar-refractivity contribution in [3.05, 3.63) is 10.6 Å². The summed E-state index contributed by atoms with van der Waals surface area (Å²) in [6, 6.07) is 0. The van der Waals surface area contributed by atoms with Gasteiger partial charge >= 0.3 is 6.09 Å². The Bertz CT molecular complexity index is 418. The van der Waals surface area contributed by atoms with Crippen LogP contribution in [0.3, 0.4) is 0 Å². The van der Waals surface area contributed by atoms with Crippen molar-refractivity contribution in [2.24, 2.45) is 5.92 Å². The van der Waals surface area contributed by atoms with E-state index in [-0.39, 0.29) is 6.09 Å². The van der Waals surface area contributed by atoms with Crippen LogP contribution in [0, 0.1) is 5.92 Å². The van der Waals surface area contributed by atoms with Crippen molar-refractivity contribution in [2.75, 3.05) is 13.2 Å². The van der Waals surface area contributed by atoms with Crippen LogP contribution < -0.4 is 0 Å². The highest BCUT2D eigenvalue weighted by molar-refractivity contribution is 9.10. The standard InChI is InChI=1S/C10H15BrN4O2/c1-7(2)6-17-10(16)14-3-4-15-8(5-14)12-13-9(15)11/h7H,3-6H2,1-2H3. The molecule has 1 aliphatic rings. The number of rotatable bonds is 2. The monoisotopic (exact) mass is 302 g/mol. The normalized spacial score (nSPS) is 14.9. The topological polar surface area (TPSA) is 60.2 Å². The predicted molar refractivity (Wildman–Crippen MR) is 64.3 cm³/mol. The first kappa shape index (κ1) is 12.3. The number of ether oxygens (including phenoxy) is 1. The van der Waals surface area contributed by atoms with Gasteiger partial charge in [-0.2, -0.15) is 0 Å². The first-order valence-corrected chi connectivity index (χ1v) is 6.36. The van der Waals surface area contributed by atoms with Crippen molar-refractivity contribution >= 4 is 22.0 Å². The minimum absolute atomic E-state index is 0.274. The maximum absolute atomic E-state index is 11.8. The van der Waals surface area contributed by atoms with Crippen LogP contribution in [0.5, 0.6) is 0 Å². The fourth-order valence-corrected chi connectivity index (χ4v) is 2.07. The van der Waals surface area contributed by atoms with Crippen LogP contribution in [0.1, 0.15) is 19.7 Å². The molecular formula is C10H15BrN4O2. The number of hydrogen-bond donors (Lipinski definition) is 0. The Morgan fingerprint density at radius 1 is 1.47 bits per heavy atom. The molecule has 0 unspecified atom stereocenters. The maximum Gasteiger partial charge on any atom is 0.410 e. The van der Waals surface area contributed by atoms with E-state index in [1.807, 2.05) is 18.4 Å². The third kappa shape index (κ3) is 2.77. The van der Waals surface area contributed by atoms with Gasteiger partial charge in [-0.25, -0.2) is 4.79 Å². The van der Waals surface area contributed by atoms with Crippen molar-refractivity contribution in [3.8, 4) is 0 Å². The molecule has 0 fully saturated rings. The van der Waals surface area contributed by atoms with E-state index in [2.05, 4.69) is 26.1 Å².